The van der Waals surface area contributed by atoms with Crippen molar-refractivity contribution in [3.05, 3.63) is 71.9 Å². The van der Waals surface area contributed by atoms with Gasteiger partial charge in [0.05, 0.1) is 18.5 Å². The van der Waals surface area contributed by atoms with Gasteiger partial charge >= 0.3 is 5.97 Å². The van der Waals surface area contributed by atoms with Crippen LogP contribution in [0.4, 0.5) is 0 Å². The highest BCUT2D eigenvalue weighted by Gasteiger charge is 2.06. The summed E-state index contributed by atoms with van der Waals surface area (Å²) in [5.41, 5.74) is 9.99. The predicted octanol–water partition coefficient (Wildman–Crippen LogP) is 2.93. The number of nitrogens with one attached hydrogen (secondary N) is 1. The zero-order valence-corrected chi connectivity index (χ0v) is 14.5. The molecule has 0 bridgehead atoms. The number of esters is 1. The minimum atomic E-state index is -0.207. The van der Waals surface area contributed by atoms with Crippen LogP contribution in [0.5, 0.6) is 0 Å². The fraction of sp³-hybridized carbons (Fsp3) is 0.150. The number of rotatable bonds is 6. The summed E-state index contributed by atoms with van der Waals surface area (Å²) in [6.07, 6.45) is 2.93. The quantitative estimate of drug-likeness (QED) is 0.407. The standard InChI is InChI=1S/C20H20N4O2/c1-26-19(25)11-4-14-2-9-17(10-3-14)24-13-12-18(23-24)15-5-7-16(8-6-15)20(21)22/h2-3,5-10,12-13H,4,11H2,1H3,(H3,21,22). The van der Waals surface area contributed by atoms with Crippen LogP contribution in [0, 0.1) is 5.41 Å². The lowest BCUT2D eigenvalue weighted by Crippen LogP contribution is -2.10. The summed E-state index contributed by atoms with van der Waals surface area (Å²) in [5, 5.41) is 12.0. The molecule has 0 saturated heterocycles. The van der Waals surface area contributed by atoms with Crippen molar-refractivity contribution in [1.82, 2.24) is 9.78 Å². The molecule has 0 fully saturated rings. The maximum absolute atomic E-state index is 11.2. The number of nitrogen functional groups attached to an aromatic ring is 1. The number of nitrogens with zero attached hydrogens (tertiary/aromatic N) is 2. The van der Waals surface area contributed by atoms with Gasteiger partial charge in [0, 0.05) is 23.7 Å². The molecule has 0 unspecified atom stereocenters. The minimum Gasteiger partial charge on any atom is -0.469 e. The van der Waals surface area contributed by atoms with Crippen LogP contribution in [-0.4, -0.2) is 28.7 Å². The summed E-state index contributed by atoms with van der Waals surface area (Å²) in [7, 11) is 1.40. The highest BCUT2D eigenvalue weighted by Crippen LogP contribution is 2.19. The maximum Gasteiger partial charge on any atom is 0.305 e. The lowest BCUT2D eigenvalue weighted by molar-refractivity contribution is -0.140. The second-order valence-corrected chi connectivity index (χ2v) is 5.88. The highest BCUT2D eigenvalue weighted by molar-refractivity contribution is 5.95. The van der Waals surface area contributed by atoms with Crippen molar-refractivity contribution >= 4 is 11.8 Å². The number of hydrogen-bond acceptors (Lipinski definition) is 4. The minimum absolute atomic E-state index is 0.0503. The Hall–Kier alpha value is -3.41. The van der Waals surface area contributed by atoms with Gasteiger partial charge in [-0.25, -0.2) is 4.68 Å². The van der Waals surface area contributed by atoms with Gasteiger partial charge in [-0.05, 0) is 30.2 Å². The molecule has 0 amide bonds. The van der Waals surface area contributed by atoms with Crippen molar-refractivity contribution in [2.24, 2.45) is 5.73 Å². The second kappa shape index (κ2) is 7.65. The van der Waals surface area contributed by atoms with Gasteiger partial charge in [-0.1, -0.05) is 36.4 Å². The van der Waals surface area contributed by atoms with Gasteiger partial charge in [0.1, 0.15) is 5.84 Å². The molecule has 1 aromatic heterocycles. The number of aromatic nitrogens is 2. The molecule has 132 valence electrons. The molecule has 2 aromatic carbocycles. The maximum atomic E-state index is 11.2. The summed E-state index contributed by atoms with van der Waals surface area (Å²) in [6.45, 7) is 0. The second-order valence-electron chi connectivity index (χ2n) is 5.88. The molecule has 26 heavy (non-hydrogen) atoms. The van der Waals surface area contributed by atoms with E-state index in [2.05, 4.69) is 9.84 Å². The lowest BCUT2D eigenvalue weighted by atomic mass is 10.1. The molecule has 0 aliphatic carbocycles. The van der Waals surface area contributed by atoms with Gasteiger partial charge in [-0.2, -0.15) is 5.10 Å². The van der Waals surface area contributed by atoms with Crippen LogP contribution >= 0.6 is 0 Å². The first-order valence-electron chi connectivity index (χ1n) is 8.23. The van der Waals surface area contributed by atoms with Crippen LogP contribution in [0.1, 0.15) is 17.5 Å². The van der Waals surface area contributed by atoms with E-state index in [0.29, 0.717) is 18.4 Å². The first kappa shape index (κ1) is 17.4. The molecule has 0 aliphatic rings. The van der Waals surface area contributed by atoms with Crippen LogP contribution in [0.2, 0.25) is 0 Å². The zero-order valence-electron chi connectivity index (χ0n) is 14.5. The number of ether oxygens (including phenoxy) is 1. The van der Waals surface area contributed by atoms with Crippen LogP contribution in [0.3, 0.4) is 0 Å². The Kier molecular flexibility index (Phi) is 5.12. The topological polar surface area (TPSA) is 94.0 Å². The van der Waals surface area contributed by atoms with E-state index in [4.69, 9.17) is 11.1 Å². The third-order valence-corrected chi connectivity index (χ3v) is 4.13. The number of carbonyl (C=O) groups excluding carboxylic acids is 1. The summed E-state index contributed by atoms with van der Waals surface area (Å²) < 4.78 is 6.46. The molecule has 0 spiro atoms. The molecule has 3 rings (SSSR count). The number of aryl methyl sites for hydroxylation is 1. The number of amidine groups is 1. The Morgan fingerprint density at radius 2 is 1.81 bits per heavy atom. The first-order chi connectivity index (χ1) is 12.6. The molecular weight excluding hydrogens is 328 g/mol. The van der Waals surface area contributed by atoms with Crippen molar-refractivity contribution in [2.75, 3.05) is 7.11 Å². The number of hydrogen-bond donors (Lipinski definition) is 2. The molecule has 6 nitrogen and oxygen atoms in total. The molecule has 1 heterocycles. The first-order valence-corrected chi connectivity index (χ1v) is 8.23. The van der Waals surface area contributed by atoms with E-state index in [-0.39, 0.29) is 11.8 Å². The monoisotopic (exact) mass is 348 g/mol. The van der Waals surface area contributed by atoms with E-state index in [1.54, 1.807) is 4.68 Å². The molecule has 0 aliphatic heterocycles. The van der Waals surface area contributed by atoms with E-state index in [9.17, 15) is 4.79 Å². The Morgan fingerprint density at radius 1 is 1.12 bits per heavy atom. The lowest BCUT2D eigenvalue weighted by Gasteiger charge is -2.04. The molecule has 3 N–H and O–H groups in total. The average Bonchev–Trinajstić information content (AvgIpc) is 3.16. The van der Waals surface area contributed by atoms with Crippen molar-refractivity contribution in [2.45, 2.75) is 12.8 Å². The number of nitrogens with two attached hydrogens (primary N) is 1. The van der Waals surface area contributed by atoms with Crippen molar-refractivity contribution in [3.8, 4) is 16.9 Å². The van der Waals surface area contributed by atoms with E-state index >= 15 is 0 Å². The van der Waals surface area contributed by atoms with Crippen molar-refractivity contribution in [3.63, 3.8) is 0 Å². The smallest absolute Gasteiger partial charge is 0.305 e. The summed E-state index contributed by atoms with van der Waals surface area (Å²) in [5.74, 6) is -0.157. The Balaban J connectivity index is 1.73. The zero-order chi connectivity index (χ0) is 18.5. The Bertz CT molecular complexity index is 912. The summed E-state index contributed by atoms with van der Waals surface area (Å²) >= 11 is 0. The van der Waals surface area contributed by atoms with Gasteiger partial charge in [-0.3, -0.25) is 10.2 Å². The van der Waals surface area contributed by atoms with Crippen LogP contribution in [0.25, 0.3) is 16.9 Å². The van der Waals surface area contributed by atoms with Crippen LogP contribution in [-0.2, 0) is 16.0 Å². The molecule has 3 aromatic rings. The number of benzene rings is 2. The van der Waals surface area contributed by atoms with Crippen molar-refractivity contribution < 1.29 is 9.53 Å². The Labute approximate surface area is 151 Å². The van der Waals surface area contributed by atoms with Gasteiger partial charge in [-0.15, -0.1) is 0 Å². The van der Waals surface area contributed by atoms with Gasteiger partial charge in [0.25, 0.3) is 0 Å². The Morgan fingerprint density at radius 3 is 2.42 bits per heavy atom. The molecular formula is C20H20N4O2. The normalized spacial score (nSPS) is 10.5. The molecule has 6 heteroatoms. The molecule has 0 atom stereocenters. The highest BCUT2D eigenvalue weighted by atomic mass is 16.5. The van der Waals surface area contributed by atoms with Crippen molar-refractivity contribution in [1.29, 1.82) is 5.41 Å². The van der Waals surface area contributed by atoms with E-state index in [1.165, 1.54) is 7.11 Å². The van der Waals surface area contributed by atoms with Gasteiger partial charge in [0.15, 0.2) is 0 Å². The average molecular weight is 348 g/mol. The fourth-order valence-corrected chi connectivity index (χ4v) is 2.61. The number of carbonyl (C=O) groups is 1. The molecule has 0 radical (unpaired) electrons. The molecule has 0 saturated carbocycles. The van der Waals surface area contributed by atoms with Gasteiger partial charge < -0.3 is 10.5 Å². The summed E-state index contributed by atoms with van der Waals surface area (Å²) in [4.78, 5) is 11.2. The largest absolute Gasteiger partial charge is 0.469 e. The van der Waals surface area contributed by atoms with Crippen LogP contribution in [0.15, 0.2) is 60.8 Å². The summed E-state index contributed by atoms with van der Waals surface area (Å²) in [6, 6.07) is 17.3. The third kappa shape index (κ3) is 3.97. The van der Waals surface area contributed by atoms with E-state index in [1.807, 2.05) is 60.8 Å². The van der Waals surface area contributed by atoms with Crippen LogP contribution < -0.4 is 5.73 Å². The van der Waals surface area contributed by atoms with E-state index in [0.717, 1.165) is 22.5 Å². The SMILES string of the molecule is COC(=O)CCc1ccc(-n2ccc(-c3ccc(C(=N)N)cc3)n2)cc1. The van der Waals surface area contributed by atoms with E-state index < -0.39 is 0 Å². The number of methoxy groups -OCH3 is 1. The van der Waals surface area contributed by atoms with Gasteiger partial charge in [0.2, 0.25) is 0 Å². The fourth-order valence-electron chi connectivity index (χ4n) is 2.61. The third-order valence-electron chi connectivity index (χ3n) is 4.13. The predicted molar refractivity (Wildman–Crippen MR) is 100 cm³/mol.